The molecule has 19 nitrogen and oxygen atoms in total. The average molecular weight is 971 g/mol. The summed E-state index contributed by atoms with van der Waals surface area (Å²) < 4.78 is 0. The van der Waals surface area contributed by atoms with Gasteiger partial charge in [0.05, 0.1) is 41.0 Å². The van der Waals surface area contributed by atoms with Gasteiger partial charge in [-0.05, 0) is 114 Å². The molecule has 6 heterocycles. The van der Waals surface area contributed by atoms with E-state index in [1.165, 1.54) is 11.4 Å². The van der Waals surface area contributed by atoms with Gasteiger partial charge in [-0.15, -0.1) is 4.98 Å². The summed E-state index contributed by atoms with van der Waals surface area (Å²) in [7, 11) is 11.3. The van der Waals surface area contributed by atoms with Crippen LogP contribution in [0.25, 0.3) is 4.85 Å². The van der Waals surface area contributed by atoms with E-state index in [0.29, 0.717) is 17.2 Å². The number of amides is 5. The number of nitrogens with one attached hydrogen (secondary N) is 4. The second kappa shape index (κ2) is 23.7. The first-order chi connectivity index (χ1) is 34.1. The van der Waals surface area contributed by atoms with Crippen LogP contribution in [0.5, 0.6) is 0 Å². The number of carbonyl (C=O) groups is 3. The molecule has 8 rings (SSSR count). The number of hydrogen-bond acceptors (Lipinski definition) is 13. The number of nitrogens with two attached hydrogens (primary N) is 1. The first kappa shape index (κ1) is 51.8. The summed E-state index contributed by atoms with van der Waals surface area (Å²) in [6.07, 6.45) is 7.22. The summed E-state index contributed by atoms with van der Waals surface area (Å²) in [6, 6.07) is 20.6. The molecule has 2 aromatic heterocycles. The molecule has 0 radical (unpaired) electrons. The van der Waals surface area contributed by atoms with Crippen LogP contribution in [0.1, 0.15) is 50.0 Å². The maximum absolute atomic E-state index is 12.2. The number of piperazine rings is 2. The Labute approximate surface area is 420 Å². The van der Waals surface area contributed by atoms with Gasteiger partial charge in [0, 0.05) is 128 Å². The van der Waals surface area contributed by atoms with Gasteiger partial charge in [0.1, 0.15) is 6.20 Å². The van der Waals surface area contributed by atoms with Crippen LogP contribution >= 0.6 is 0 Å². The molecule has 380 valence electrons. The summed E-state index contributed by atoms with van der Waals surface area (Å²) in [5.41, 5.74) is 13.1. The molecule has 0 aliphatic carbocycles. The zero-order chi connectivity index (χ0) is 50.8. The summed E-state index contributed by atoms with van der Waals surface area (Å²) in [4.78, 5) is 66.1. The van der Waals surface area contributed by atoms with Crippen LogP contribution in [0.2, 0.25) is 0 Å². The minimum absolute atomic E-state index is 0.0167. The van der Waals surface area contributed by atoms with E-state index in [4.69, 9.17) is 12.3 Å². The molecule has 6 N–H and O–H groups in total. The molecule has 4 atom stereocenters. The van der Waals surface area contributed by atoms with Crippen LogP contribution in [-0.2, 0) is 0 Å². The van der Waals surface area contributed by atoms with Gasteiger partial charge in [-0.25, -0.2) is 14.6 Å². The minimum atomic E-state index is -0.582. The summed E-state index contributed by atoms with van der Waals surface area (Å²) >= 11 is 0. The topological polar surface area (TPSA) is 181 Å². The Morgan fingerprint density at radius 3 is 1.42 bits per heavy atom. The zero-order valence-corrected chi connectivity index (χ0v) is 42.9. The molecule has 4 saturated heterocycles. The van der Waals surface area contributed by atoms with Crippen molar-refractivity contribution in [2.75, 3.05) is 138 Å². The second-order valence-corrected chi connectivity index (χ2v) is 19.6. The van der Waals surface area contributed by atoms with Crippen LogP contribution in [0.4, 0.5) is 60.9 Å². The molecular weight excluding hydrogens is 897 g/mol. The standard InChI is InChI=1S/C26H38N8O2.C26H36N8O/c1-18-22(30-26(36)31(2)3)6-5-11-34(18)21-16-23(24(25(27)35)28-17-21)29-19-7-9-20(10-8-19)33-14-12-32(4)13-15-33;1-19-23(30-26(35)31(3)4)7-6-12-34(19)22-17-24(25(27-2)28-18-22)29-20-8-10-21(11-9-20)33-15-13-32(5)14-16-33/h7-10,16-18,22,29H,5-6,11-15H2,1-4H3,(H2,27,35)(H,30,36);8-11,17-19,23,29H,6-7,12-16H2,1,3-5H3,(H,30,35)/t18-,22-;19-,23-/m11/s1. The highest BCUT2D eigenvalue weighted by Crippen LogP contribution is 2.34. The van der Waals surface area contributed by atoms with Crippen molar-refractivity contribution < 1.29 is 14.4 Å². The highest BCUT2D eigenvalue weighted by molar-refractivity contribution is 5.98. The first-order valence-electron chi connectivity index (χ1n) is 24.9. The fourth-order valence-electron chi connectivity index (χ4n) is 9.62. The van der Waals surface area contributed by atoms with Gasteiger partial charge >= 0.3 is 12.1 Å². The molecule has 19 heteroatoms. The van der Waals surface area contributed by atoms with Crippen molar-refractivity contribution in [1.29, 1.82) is 0 Å². The van der Waals surface area contributed by atoms with Crippen molar-refractivity contribution in [1.82, 2.24) is 40.2 Å². The van der Waals surface area contributed by atoms with E-state index < -0.39 is 5.91 Å². The number of piperidine rings is 2. The lowest BCUT2D eigenvalue weighted by Crippen LogP contribution is -2.55. The summed E-state index contributed by atoms with van der Waals surface area (Å²) in [5, 5.41) is 13.0. The van der Waals surface area contributed by atoms with Crippen molar-refractivity contribution in [3.63, 3.8) is 0 Å². The van der Waals surface area contributed by atoms with Crippen LogP contribution in [0, 0.1) is 6.57 Å². The van der Waals surface area contributed by atoms with Crippen molar-refractivity contribution in [3.05, 3.63) is 90.2 Å². The van der Waals surface area contributed by atoms with Gasteiger partial charge in [0.15, 0.2) is 5.69 Å². The number of likely N-dealkylation sites (N-methyl/N-ethyl adjacent to an activating group) is 2. The highest BCUT2D eigenvalue weighted by atomic mass is 16.2. The molecule has 4 fully saturated rings. The smallest absolute Gasteiger partial charge is 0.317 e. The van der Waals surface area contributed by atoms with Crippen molar-refractivity contribution in [3.8, 4) is 0 Å². The van der Waals surface area contributed by atoms with E-state index in [9.17, 15) is 14.4 Å². The van der Waals surface area contributed by atoms with E-state index in [-0.39, 0.29) is 41.9 Å². The summed E-state index contributed by atoms with van der Waals surface area (Å²) in [6.45, 7) is 21.9. The number of anilines is 8. The predicted molar refractivity (Wildman–Crippen MR) is 286 cm³/mol. The van der Waals surface area contributed by atoms with Crippen molar-refractivity contribution in [2.45, 2.75) is 63.7 Å². The van der Waals surface area contributed by atoms with Gasteiger partial charge in [-0.1, -0.05) is 6.57 Å². The van der Waals surface area contributed by atoms with Crippen LogP contribution < -0.4 is 46.6 Å². The molecule has 0 bridgehead atoms. The fraction of sp³-hybridized carbons (Fsp3) is 0.500. The Bertz CT molecular complexity index is 2460. The maximum Gasteiger partial charge on any atom is 0.317 e. The summed E-state index contributed by atoms with van der Waals surface area (Å²) in [5.74, 6) is -0.236. The number of aromatic nitrogens is 2. The lowest BCUT2D eigenvalue weighted by molar-refractivity contribution is 0.0996. The Kier molecular flexibility index (Phi) is 17.3. The molecule has 0 saturated carbocycles. The quantitative estimate of drug-likeness (QED) is 0.110. The number of rotatable bonds is 11. The Morgan fingerprint density at radius 2 is 1.01 bits per heavy atom. The third-order valence-electron chi connectivity index (χ3n) is 14.2. The lowest BCUT2D eigenvalue weighted by Gasteiger charge is -2.41. The highest BCUT2D eigenvalue weighted by Gasteiger charge is 2.32. The average Bonchev–Trinajstić information content (AvgIpc) is 3.36. The zero-order valence-electron chi connectivity index (χ0n) is 42.9. The largest absolute Gasteiger partial charge is 0.369 e. The second-order valence-electron chi connectivity index (χ2n) is 19.6. The predicted octanol–water partition coefficient (Wildman–Crippen LogP) is 6.06. The number of primary amides is 1. The third kappa shape index (κ3) is 13.2. The van der Waals surface area contributed by atoms with Gasteiger partial charge in [0.25, 0.3) is 11.7 Å². The Morgan fingerprint density at radius 1 is 0.606 bits per heavy atom. The monoisotopic (exact) mass is 971 g/mol. The minimum Gasteiger partial charge on any atom is -0.369 e. The first-order valence-corrected chi connectivity index (χ1v) is 24.9. The molecule has 0 spiro atoms. The van der Waals surface area contributed by atoms with Crippen molar-refractivity contribution in [2.24, 2.45) is 5.73 Å². The van der Waals surface area contributed by atoms with E-state index in [0.717, 1.165) is 114 Å². The third-order valence-corrected chi connectivity index (χ3v) is 14.2. The number of hydrogen-bond donors (Lipinski definition) is 5. The number of carbonyl (C=O) groups excluding carboxylic acids is 3. The van der Waals surface area contributed by atoms with E-state index in [1.807, 2.05) is 24.3 Å². The molecule has 71 heavy (non-hydrogen) atoms. The number of benzene rings is 2. The molecule has 4 aromatic rings. The van der Waals surface area contributed by atoms with E-state index >= 15 is 0 Å². The Balaban J connectivity index is 0.000000209. The molecular formula is C52H74N16O3. The normalized spacial score (nSPS) is 20.7. The van der Waals surface area contributed by atoms with Gasteiger partial charge in [-0.3, -0.25) is 4.79 Å². The number of urea groups is 2. The van der Waals surface area contributed by atoms with Gasteiger partial charge < -0.3 is 71.0 Å². The number of nitrogens with zero attached hydrogens (tertiary/aromatic N) is 11. The van der Waals surface area contributed by atoms with E-state index in [2.05, 4.69) is 130 Å². The van der Waals surface area contributed by atoms with Crippen molar-refractivity contribution >= 4 is 69.3 Å². The molecule has 5 amide bonds. The maximum atomic E-state index is 12.2. The molecule has 2 aromatic carbocycles. The molecule has 4 aliphatic rings. The van der Waals surface area contributed by atoms with Crippen LogP contribution in [0.15, 0.2) is 73.1 Å². The van der Waals surface area contributed by atoms with Crippen LogP contribution in [0.3, 0.4) is 0 Å². The molecule has 4 aliphatic heterocycles. The Hall–Kier alpha value is -7.04. The van der Waals surface area contributed by atoms with Gasteiger partial charge in [0.2, 0.25) is 0 Å². The fourth-order valence-corrected chi connectivity index (χ4v) is 9.62. The molecule has 0 unspecified atom stereocenters. The SMILES string of the molecule is C[C@@H]1[C@H](NC(=O)N(C)C)CCCN1c1cnc(C(N)=O)c(Nc2ccc(N3CCN(C)CC3)cc2)c1.[C-]#[N+]c1ncc(N2CCC[C@@H](NC(=O)N(C)C)[C@H]2C)cc1Nc1ccc(N2CCN(C)CC2)cc1. The lowest BCUT2D eigenvalue weighted by atomic mass is 9.97. The van der Waals surface area contributed by atoms with E-state index in [1.54, 1.807) is 50.4 Å². The van der Waals surface area contributed by atoms with Gasteiger partial charge in [-0.2, -0.15) is 0 Å². The number of pyridine rings is 2. The van der Waals surface area contributed by atoms with Crippen LogP contribution in [-0.4, -0.2) is 179 Å².